The highest BCUT2D eigenvalue weighted by Gasteiger charge is 2.39. The van der Waals surface area contributed by atoms with Gasteiger partial charge < -0.3 is 15.8 Å². The Hall–Kier alpha value is -4.00. The molecule has 0 spiro atoms. The Morgan fingerprint density at radius 1 is 0.872 bits per heavy atom. The van der Waals surface area contributed by atoms with E-state index in [0.29, 0.717) is 55.3 Å². The van der Waals surface area contributed by atoms with Gasteiger partial charge in [-0.05, 0) is 62.0 Å². The zero-order valence-electron chi connectivity index (χ0n) is 21.6. The average Bonchev–Trinajstić information content (AvgIpc) is 2.95. The fraction of sp³-hybridized carbons (Fsp3) is 0.344. The average molecular weight is 527 g/mol. The first-order valence-corrected chi connectivity index (χ1v) is 13.7. The third-order valence-corrected chi connectivity index (χ3v) is 8.56. The number of rotatable bonds is 5. The summed E-state index contributed by atoms with van der Waals surface area (Å²) in [6, 6.07) is 17.8. The van der Waals surface area contributed by atoms with Gasteiger partial charge in [-0.15, -0.1) is 0 Å². The van der Waals surface area contributed by atoms with Gasteiger partial charge in [0.25, 0.3) is 0 Å². The summed E-state index contributed by atoms with van der Waals surface area (Å²) in [7, 11) is 0. The van der Waals surface area contributed by atoms with Crippen LogP contribution < -0.4 is 11.1 Å². The Kier molecular flexibility index (Phi) is 6.67. The number of esters is 1. The molecular weight excluding hydrogens is 495 g/mol. The van der Waals surface area contributed by atoms with E-state index in [1.807, 2.05) is 30.3 Å². The molecule has 0 saturated heterocycles. The molecule has 0 amide bonds. The van der Waals surface area contributed by atoms with Gasteiger partial charge in [0.05, 0.1) is 22.4 Å². The minimum absolute atomic E-state index is 0.0358. The van der Waals surface area contributed by atoms with Gasteiger partial charge in [0.15, 0.2) is 11.6 Å². The summed E-state index contributed by atoms with van der Waals surface area (Å²) in [4.78, 5) is 40.7. The van der Waals surface area contributed by atoms with E-state index in [0.717, 1.165) is 18.4 Å². The minimum atomic E-state index is -0.729. The van der Waals surface area contributed by atoms with Crippen molar-refractivity contribution in [2.75, 3.05) is 11.1 Å². The van der Waals surface area contributed by atoms with Crippen molar-refractivity contribution in [2.45, 2.75) is 57.3 Å². The van der Waals surface area contributed by atoms with E-state index < -0.39 is 17.9 Å². The minimum Gasteiger partial charge on any atom is -0.459 e. The molecule has 2 saturated carbocycles. The van der Waals surface area contributed by atoms with Crippen molar-refractivity contribution < 1.29 is 23.5 Å². The SMILES string of the molecule is Nc1c(C(=O)OC2CCC3CC(F)CCC3C2)cc(NCc2ccccc2)c2c1C(=O)c1ccccc1C2=O. The van der Waals surface area contributed by atoms with E-state index in [1.54, 1.807) is 30.3 Å². The predicted molar refractivity (Wildman–Crippen MR) is 147 cm³/mol. The fourth-order valence-electron chi connectivity index (χ4n) is 6.53. The first-order valence-electron chi connectivity index (χ1n) is 13.7. The largest absolute Gasteiger partial charge is 0.459 e. The van der Waals surface area contributed by atoms with E-state index in [-0.39, 0.29) is 39.8 Å². The summed E-state index contributed by atoms with van der Waals surface area (Å²) in [5.41, 5.74) is 8.63. The van der Waals surface area contributed by atoms with Crippen molar-refractivity contribution >= 4 is 28.9 Å². The normalized spacial score (nSPS) is 23.8. The number of carbonyl (C=O) groups excluding carboxylic acids is 3. The molecule has 3 aromatic rings. The second kappa shape index (κ2) is 10.3. The lowest BCUT2D eigenvalue weighted by molar-refractivity contribution is -0.00815. The summed E-state index contributed by atoms with van der Waals surface area (Å²) in [5, 5.41) is 3.27. The molecule has 6 rings (SSSR count). The number of nitrogens with two attached hydrogens (primary N) is 1. The highest BCUT2D eigenvalue weighted by molar-refractivity contribution is 6.32. The Balaban J connectivity index is 1.33. The lowest BCUT2D eigenvalue weighted by Crippen LogP contribution is -2.35. The van der Waals surface area contributed by atoms with Crippen molar-refractivity contribution in [2.24, 2.45) is 11.8 Å². The molecule has 0 radical (unpaired) electrons. The third kappa shape index (κ3) is 4.71. The smallest absolute Gasteiger partial charge is 0.340 e. The maximum atomic E-state index is 13.9. The number of fused-ring (bicyclic) bond motifs is 3. The van der Waals surface area contributed by atoms with Gasteiger partial charge in [0, 0.05) is 23.4 Å². The highest BCUT2D eigenvalue weighted by Crippen LogP contribution is 2.43. The van der Waals surface area contributed by atoms with Gasteiger partial charge >= 0.3 is 5.97 Å². The molecule has 0 bridgehead atoms. The van der Waals surface area contributed by atoms with Crippen LogP contribution in [0, 0.1) is 11.8 Å². The van der Waals surface area contributed by atoms with Crippen LogP contribution in [0.15, 0.2) is 60.7 Å². The highest BCUT2D eigenvalue weighted by atomic mass is 19.1. The van der Waals surface area contributed by atoms with Crippen LogP contribution in [0.3, 0.4) is 0 Å². The summed E-state index contributed by atoms with van der Waals surface area (Å²) in [5.74, 6) is -0.624. The molecule has 7 heteroatoms. The van der Waals surface area contributed by atoms with Crippen LogP contribution in [0.2, 0.25) is 0 Å². The van der Waals surface area contributed by atoms with Crippen LogP contribution in [0.4, 0.5) is 15.8 Å². The molecule has 6 nitrogen and oxygen atoms in total. The molecule has 0 aliphatic heterocycles. The van der Waals surface area contributed by atoms with Gasteiger partial charge in [0.1, 0.15) is 12.3 Å². The summed E-state index contributed by atoms with van der Waals surface area (Å²) in [6.45, 7) is 0.385. The van der Waals surface area contributed by atoms with Crippen LogP contribution in [0.5, 0.6) is 0 Å². The number of ketones is 2. The van der Waals surface area contributed by atoms with E-state index in [2.05, 4.69) is 5.32 Å². The molecule has 3 aromatic carbocycles. The molecule has 4 atom stereocenters. The number of ether oxygens (including phenoxy) is 1. The van der Waals surface area contributed by atoms with E-state index >= 15 is 0 Å². The first kappa shape index (κ1) is 25.3. The Bertz CT molecular complexity index is 1450. The molecule has 4 unspecified atom stereocenters. The standard InChI is InChI=1S/C32H31FN2O4/c33-21-12-10-20-15-22(13-11-19(20)14-21)39-32(38)25-16-26(35-17-18-6-2-1-3-7-18)27-28(29(25)34)31(37)24-9-5-4-8-23(24)30(27)36/h1-9,16,19-22,35H,10-15,17,34H2. The molecule has 200 valence electrons. The van der Waals surface area contributed by atoms with Crippen molar-refractivity contribution in [3.8, 4) is 0 Å². The van der Waals surface area contributed by atoms with E-state index in [4.69, 9.17) is 10.5 Å². The Labute approximate surface area is 226 Å². The van der Waals surface area contributed by atoms with Crippen molar-refractivity contribution in [3.63, 3.8) is 0 Å². The zero-order valence-corrected chi connectivity index (χ0v) is 21.6. The monoisotopic (exact) mass is 526 g/mol. The maximum absolute atomic E-state index is 13.9. The molecule has 0 aromatic heterocycles. The number of alkyl halides is 1. The summed E-state index contributed by atoms with van der Waals surface area (Å²) < 4.78 is 19.8. The second-order valence-electron chi connectivity index (χ2n) is 10.9. The Morgan fingerprint density at radius 2 is 1.51 bits per heavy atom. The lowest BCUT2D eigenvalue weighted by Gasteiger charge is -2.40. The van der Waals surface area contributed by atoms with Crippen LogP contribution in [0.1, 0.15) is 86.3 Å². The van der Waals surface area contributed by atoms with Gasteiger partial charge in [-0.1, -0.05) is 54.6 Å². The number of carbonyl (C=O) groups is 3. The Morgan fingerprint density at radius 3 is 2.26 bits per heavy atom. The van der Waals surface area contributed by atoms with Crippen LogP contribution in [-0.4, -0.2) is 29.8 Å². The molecule has 3 N–H and O–H groups in total. The van der Waals surface area contributed by atoms with Crippen molar-refractivity contribution in [1.82, 2.24) is 0 Å². The van der Waals surface area contributed by atoms with Crippen LogP contribution in [-0.2, 0) is 11.3 Å². The maximum Gasteiger partial charge on any atom is 0.340 e. The van der Waals surface area contributed by atoms with Gasteiger partial charge in [-0.2, -0.15) is 0 Å². The summed E-state index contributed by atoms with van der Waals surface area (Å²) in [6.07, 6.45) is 3.16. The number of anilines is 2. The molecule has 0 heterocycles. The fourth-order valence-corrected chi connectivity index (χ4v) is 6.53. The number of nitrogen functional groups attached to an aromatic ring is 1. The molecule has 2 fully saturated rings. The van der Waals surface area contributed by atoms with Gasteiger partial charge in [-0.25, -0.2) is 9.18 Å². The number of benzene rings is 3. The predicted octanol–water partition coefficient (Wildman–Crippen LogP) is 6.12. The third-order valence-electron chi connectivity index (χ3n) is 8.56. The number of hydrogen-bond acceptors (Lipinski definition) is 6. The molecule has 39 heavy (non-hydrogen) atoms. The second-order valence-corrected chi connectivity index (χ2v) is 10.9. The van der Waals surface area contributed by atoms with Crippen LogP contribution >= 0.6 is 0 Å². The summed E-state index contributed by atoms with van der Waals surface area (Å²) >= 11 is 0. The molecular formula is C32H31FN2O4. The van der Waals surface area contributed by atoms with E-state index in [9.17, 15) is 18.8 Å². The van der Waals surface area contributed by atoms with Crippen molar-refractivity contribution in [1.29, 1.82) is 0 Å². The van der Waals surface area contributed by atoms with Crippen LogP contribution in [0.25, 0.3) is 0 Å². The van der Waals surface area contributed by atoms with Crippen molar-refractivity contribution in [3.05, 3.63) is 94.0 Å². The topological polar surface area (TPSA) is 98.5 Å². The van der Waals surface area contributed by atoms with Gasteiger partial charge in [0.2, 0.25) is 0 Å². The van der Waals surface area contributed by atoms with E-state index in [1.165, 1.54) is 0 Å². The molecule has 3 aliphatic carbocycles. The zero-order chi connectivity index (χ0) is 27.1. The number of nitrogens with one attached hydrogen (secondary N) is 1. The van der Waals surface area contributed by atoms with Gasteiger partial charge in [-0.3, -0.25) is 9.59 Å². The molecule has 3 aliphatic rings. The number of halogens is 1. The first-order chi connectivity index (χ1) is 18.9. The quantitative estimate of drug-likeness (QED) is 0.240. The lowest BCUT2D eigenvalue weighted by atomic mass is 9.69. The number of hydrogen-bond donors (Lipinski definition) is 2.